The van der Waals surface area contributed by atoms with Gasteiger partial charge in [0, 0.05) is 26.7 Å². The van der Waals surface area contributed by atoms with Crippen LogP contribution in [0.25, 0.3) is 0 Å². The fourth-order valence-corrected chi connectivity index (χ4v) is 3.25. The molecule has 0 spiro atoms. The topological polar surface area (TPSA) is 80.3 Å². The van der Waals surface area contributed by atoms with Gasteiger partial charge in [-0.05, 0) is 19.6 Å². The molecule has 0 unspecified atom stereocenters. The van der Waals surface area contributed by atoms with Crippen molar-refractivity contribution in [1.29, 1.82) is 0 Å². The average molecular weight is 344 g/mol. The van der Waals surface area contributed by atoms with Crippen LogP contribution in [0.1, 0.15) is 6.42 Å². The summed E-state index contributed by atoms with van der Waals surface area (Å²) in [5.74, 6) is -2.45. The number of carbonyl (C=O) groups excluding carboxylic acids is 2. The molecule has 7 nitrogen and oxygen atoms in total. The molecular weight excluding hydrogens is 320 g/mol. The number of esters is 2. The van der Waals surface area contributed by atoms with Gasteiger partial charge in [-0.15, -0.1) is 0 Å². The standard InChI is InChI=1S/C15H24O7Si/c1-18-13(16)11-8-10(22-23(5,6)7)9-15(20-3,21-4)12(11)14(17)19-2/h9H,8H2,1-7H3. The molecule has 0 fully saturated rings. The maximum absolute atomic E-state index is 12.2. The third kappa shape index (κ3) is 4.21. The van der Waals surface area contributed by atoms with Crippen LogP contribution >= 0.6 is 0 Å². The summed E-state index contributed by atoms with van der Waals surface area (Å²) in [6, 6.07) is 0. The minimum Gasteiger partial charge on any atom is -0.547 e. The van der Waals surface area contributed by atoms with Crippen molar-refractivity contribution in [1.82, 2.24) is 0 Å². The Balaban J connectivity index is 3.51. The lowest BCUT2D eigenvalue weighted by Gasteiger charge is -2.35. The van der Waals surface area contributed by atoms with Gasteiger partial charge in [0.25, 0.3) is 0 Å². The molecule has 1 aliphatic rings. The maximum atomic E-state index is 12.2. The summed E-state index contributed by atoms with van der Waals surface area (Å²) in [6.45, 7) is 6.02. The van der Waals surface area contributed by atoms with Crippen molar-refractivity contribution in [2.45, 2.75) is 31.8 Å². The monoisotopic (exact) mass is 344 g/mol. The molecule has 23 heavy (non-hydrogen) atoms. The first-order valence-corrected chi connectivity index (χ1v) is 10.5. The molecule has 0 radical (unpaired) electrons. The normalized spacial score (nSPS) is 17.4. The van der Waals surface area contributed by atoms with Gasteiger partial charge in [0.15, 0.2) is 0 Å². The Hall–Kier alpha value is -1.64. The van der Waals surface area contributed by atoms with Crippen LogP contribution in [0.3, 0.4) is 0 Å². The summed E-state index contributed by atoms with van der Waals surface area (Å²) in [5.41, 5.74) is 0.0542. The van der Waals surface area contributed by atoms with E-state index < -0.39 is 26.0 Å². The maximum Gasteiger partial charge on any atom is 0.340 e. The summed E-state index contributed by atoms with van der Waals surface area (Å²) in [4.78, 5) is 24.4. The summed E-state index contributed by atoms with van der Waals surface area (Å²) < 4.78 is 26.3. The summed E-state index contributed by atoms with van der Waals surface area (Å²) in [6.07, 6.45) is 1.67. The van der Waals surface area contributed by atoms with Crippen LogP contribution in [0.4, 0.5) is 0 Å². The lowest BCUT2D eigenvalue weighted by molar-refractivity contribution is -0.165. The molecule has 0 bridgehead atoms. The summed E-state index contributed by atoms with van der Waals surface area (Å²) in [7, 11) is 3.26. The van der Waals surface area contributed by atoms with E-state index in [2.05, 4.69) is 0 Å². The van der Waals surface area contributed by atoms with Crippen molar-refractivity contribution in [2.75, 3.05) is 28.4 Å². The van der Waals surface area contributed by atoms with Crippen molar-refractivity contribution in [3.63, 3.8) is 0 Å². The zero-order valence-electron chi connectivity index (χ0n) is 14.6. The third-order valence-electron chi connectivity index (χ3n) is 3.22. The van der Waals surface area contributed by atoms with E-state index in [4.69, 9.17) is 23.4 Å². The van der Waals surface area contributed by atoms with Gasteiger partial charge in [-0.25, -0.2) is 9.59 Å². The Kier molecular flexibility index (Phi) is 6.15. The number of hydrogen-bond acceptors (Lipinski definition) is 7. The Morgan fingerprint density at radius 3 is 1.91 bits per heavy atom. The molecule has 1 aliphatic carbocycles. The van der Waals surface area contributed by atoms with Gasteiger partial charge in [-0.3, -0.25) is 0 Å². The Morgan fingerprint density at radius 2 is 1.52 bits per heavy atom. The minimum atomic E-state index is -1.94. The SMILES string of the molecule is COC(=O)C1=C(C(=O)OC)C(OC)(OC)C=C(O[Si](C)(C)C)C1. The van der Waals surface area contributed by atoms with E-state index in [1.807, 2.05) is 19.6 Å². The molecule has 0 aromatic heterocycles. The molecule has 0 saturated heterocycles. The summed E-state index contributed by atoms with van der Waals surface area (Å²) in [5, 5.41) is 0. The van der Waals surface area contributed by atoms with Gasteiger partial charge in [0.1, 0.15) is 5.57 Å². The highest BCUT2D eigenvalue weighted by molar-refractivity contribution is 6.70. The fraction of sp³-hybridized carbons (Fsp3) is 0.600. The van der Waals surface area contributed by atoms with Crippen molar-refractivity contribution in [2.24, 2.45) is 0 Å². The number of allylic oxidation sites excluding steroid dienone is 1. The first kappa shape index (κ1) is 19.4. The van der Waals surface area contributed by atoms with Crippen molar-refractivity contribution < 1.29 is 33.0 Å². The lowest BCUT2D eigenvalue weighted by Crippen LogP contribution is -2.43. The van der Waals surface area contributed by atoms with Crippen LogP contribution < -0.4 is 0 Å². The van der Waals surface area contributed by atoms with Crippen molar-refractivity contribution in [3.05, 3.63) is 23.0 Å². The van der Waals surface area contributed by atoms with Gasteiger partial charge in [0.05, 0.1) is 25.6 Å². The minimum absolute atomic E-state index is 0.0419. The third-order valence-corrected chi connectivity index (χ3v) is 4.09. The highest BCUT2D eigenvalue weighted by Gasteiger charge is 2.46. The highest BCUT2D eigenvalue weighted by Crippen LogP contribution is 2.38. The molecular formula is C15H24O7Si. The van der Waals surface area contributed by atoms with E-state index in [9.17, 15) is 9.59 Å². The van der Waals surface area contributed by atoms with E-state index in [0.29, 0.717) is 5.76 Å². The predicted octanol–water partition coefficient (Wildman–Crippen LogP) is 1.76. The Morgan fingerprint density at radius 1 is 1.00 bits per heavy atom. The largest absolute Gasteiger partial charge is 0.547 e. The molecule has 1 rings (SSSR count). The van der Waals surface area contributed by atoms with Gasteiger partial charge >= 0.3 is 11.9 Å². The molecule has 0 aromatic carbocycles. The van der Waals surface area contributed by atoms with Crippen LogP contribution in [-0.2, 0) is 33.0 Å². The number of hydrogen-bond donors (Lipinski definition) is 0. The van der Waals surface area contributed by atoms with Gasteiger partial charge < -0.3 is 23.4 Å². The molecule has 0 amide bonds. The van der Waals surface area contributed by atoms with Gasteiger partial charge in [-0.1, -0.05) is 0 Å². The first-order valence-electron chi connectivity index (χ1n) is 7.05. The quantitative estimate of drug-likeness (QED) is 0.412. The van der Waals surface area contributed by atoms with Gasteiger partial charge in [-0.2, -0.15) is 0 Å². The molecule has 0 heterocycles. The fourth-order valence-electron chi connectivity index (χ4n) is 2.34. The van der Waals surface area contributed by atoms with Crippen molar-refractivity contribution in [3.8, 4) is 0 Å². The first-order chi connectivity index (χ1) is 10.6. The lowest BCUT2D eigenvalue weighted by atomic mass is 9.90. The van der Waals surface area contributed by atoms with Crippen LogP contribution in [0, 0.1) is 0 Å². The average Bonchev–Trinajstić information content (AvgIpc) is 2.50. The zero-order chi connectivity index (χ0) is 17.8. The van der Waals surface area contributed by atoms with Crippen LogP contribution in [0.2, 0.25) is 19.6 Å². The highest BCUT2D eigenvalue weighted by atomic mass is 28.4. The molecule has 0 atom stereocenters. The number of rotatable bonds is 6. The second-order valence-electron chi connectivity index (χ2n) is 5.91. The smallest absolute Gasteiger partial charge is 0.340 e. The van der Waals surface area contributed by atoms with E-state index in [0.717, 1.165) is 0 Å². The Bertz CT molecular complexity index is 539. The Labute approximate surface area is 137 Å². The molecule has 0 N–H and O–H groups in total. The zero-order valence-corrected chi connectivity index (χ0v) is 15.6. The second kappa shape index (κ2) is 7.29. The van der Waals surface area contributed by atoms with E-state index >= 15 is 0 Å². The number of ether oxygens (including phenoxy) is 4. The molecule has 0 aliphatic heterocycles. The van der Waals surface area contributed by atoms with E-state index in [1.54, 1.807) is 6.08 Å². The van der Waals surface area contributed by atoms with Crippen LogP contribution in [-0.4, -0.2) is 54.5 Å². The second-order valence-corrected chi connectivity index (χ2v) is 10.3. The molecule has 0 saturated carbocycles. The molecule has 8 heteroatoms. The van der Waals surface area contributed by atoms with E-state index in [1.165, 1.54) is 28.4 Å². The van der Waals surface area contributed by atoms with Crippen LogP contribution in [0.5, 0.6) is 0 Å². The number of methoxy groups -OCH3 is 4. The van der Waals surface area contributed by atoms with Crippen molar-refractivity contribution >= 4 is 20.3 Å². The number of carbonyl (C=O) groups is 2. The predicted molar refractivity (Wildman–Crippen MR) is 84.9 cm³/mol. The van der Waals surface area contributed by atoms with E-state index in [-0.39, 0.29) is 17.6 Å². The summed E-state index contributed by atoms with van der Waals surface area (Å²) >= 11 is 0. The molecule has 0 aromatic rings. The van der Waals surface area contributed by atoms with Gasteiger partial charge in [0.2, 0.25) is 14.1 Å². The molecule has 130 valence electrons. The van der Waals surface area contributed by atoms with Crippen LogP contribution in [0.15, 0.2) is 23.0 Å².